The van der Waals surface area contributed by atoms with E-state index in [1.165, 1.54) is 0 Å². The third kappa shape index (κ3) is 4.72. The summed E-state index contributed by atoms with van der Waals surface area (Å²) in [5.74, 6) is 0.158. The van der Waals surface area contributed by atoms with Gasteiger partial charge in [0, 0.05) is 13.1 Å². The minimum Gasteiger partial charge on any atom is -0.445 e. The van der Waals surface area contributed by atoms with Crippen LogP contribution < -0.4 is 5.32 Å². The molecule has 6 heteroatoms. The number of hydrogen-bond acceptors (Lipinski definition) is 4. The van der Waals surface area contributed by atoms with Crippen molar-refractivity contribution in [3.8, 4) is 0 Å². The van der Waals surface area contributed by atoms with E-state index in [4.69, 9.17) is 4.74 Å². The Balaban J connectivity index is 1.55. The molecule has 1 saturated heterocycles. The number of carbonyl (C=O) groups is 2. The normalized spacial score (nSPS) is 24.8. The first-order valence-electron chi connectivity index (χ1n) is 9.09. The summed E-state index contributed by atoms with van der Waals surface area (Å²) in [6.07, 6.45) is 3.61. The molecule has 1 aliphatic heterocycles. The van der Waals surface area contributed by atoms with E-state index < -0.39 is 6.09 Å². The Labute approximate surface area is 149 Å². The zero-order chi connectivity index (χ0) is 17.6. The largest absolute Gasteiger partial charge is 0.445 e. The third-order valence-corrected chi connectivity index (χ3v) is 5.09. The van der Waals surface area contributed by atoms with Crippen LogP contribution >= 0.6 is 0 Å². The number of alkyl carbamates (subject to hydrolysis) is 1. The number of likely N-dealkylation sites (N-methyl/N-ethyl adjacent to an activating group) is 1. The highest BCUT2D eigenvalue weighted by molar-refractivity contribution is 5.79. The number of piperazine rings is 1. The van der Waals surface area contributed by atoms with E-state index in [1.807, 2.05) is 47.2 Å². The predicted molar refractivity (Wildman–Crippen MR) is 95.0 cm³/mol. The Morgan fingerprint density at radius 2 is 1.96 bits per heavy atom. The quantitative estimate of drug-likeness (QED) is 0.907. The number of carbonyl (C=O) groups excluding carboxylic acids is 2. The molecule has 2 amide bonds. The van der Waals surface area contributed by atoms with Crippen LogP contribution in [0.25, 0.3) is 0 Å². The topological polar surface area (TPSA) is 61.9 Å². The van der Waals surface area contributed by atoms with Gasteiger partial charge in [0.15, 0.2) is 0 Å². The van der Waals surface area contributed by atoms with Crippen LogP contribution in [0.5, 0.6) is 0 Å². The van der Waals surface area contributed by atoms with Gasteiger partial charge in [0.2, 0.25) is 5.91 Å². The molecule has 2 fully saturated rings. The summed E-state index contributed by atoms with van der Waals surface area (Å²) >= 11 is 0. The fraction of sp³-hybridized carbons (Fsp3) is 0.579. The number of benzene rings is 1. The average molecular weight is 345 g/mol. The Morgan fingerprint density at radius 1 is 1.20 bits per heavy atom. The maximum absolute atomic E-state index is 12.4. The molecule has 25 heavy (non-hydrogen) atoms. The van der Waals surface area contributed by atoms with Crippen LogP contribution in [0, 0.1) is 0 Å². The molecule has 1 aliphatic carbocycles. The van der Waals surface area contributed by atoms with Crippen molar-refractivity contribution in [1.82, 2.24) is 15.1 Å². The van der Waals surface area contributed by atoms with Gasteiger partial charge >= 0.3 is 6.09 Å². The van der Waals surface area contributed by atoms with Crippen molar-refractivity contribution < 1.29 is 14.3 Å². The zero-order valence-corrected chi connectivity index (χ0v) is 14.8. The highest BCUT2D eigenvalue weighted by atomic mass is 16.5. The molecule has 6 nitrogen and oxygen atoms in total. The van der Waals surface area contributed by atoms with Gasteiger partial charge < -0.3 is 15.0 Å². The second kappa shape index (κ2) is 8.34. The van der Waals surface area contributed by atoms with Gasteiger partial charge in [-0.15, -0.1) is 0 Å². The minimum atomic E-state index is -0.401. The standard InChI is InChI=1S/C19H27N3O3/c1-21-11-12-22(18(23)13-21)17-10-6-5-9-16(17)20-19(24)25-14-15-7-3-2-4-8-15/h2-4,7-8,16-17H,5-6,9-14H2,1H3,(H,20,24)/t16-,17+/m1/s1. The van der Waals surface area contributed by atoms with Crippen molar-refractivity contribution in [2.45, 2.75) is 44.4 Å². The first-order chi connectivity index (χ1) is 12.1. The zero-order valence-electron chi connectivity index (χ0n) is 14.8. The molecule has 0 bridgehead atoms. The maximum atomic E-state index is 12.4. The van der Waals surface area contributed by atoms with Crippen molar-refractivity contribution in [2.75, 3.05) is 26.7 Å². The lowest BCUT2D eigenvalue weighted by Gasteiger charge is -2.43. The minimum absolute atomic E-state index is 0.0237. The lowest BCUT2D eigenvalue weighted by molar-refractivity contribution is -0.139. The van der Waals surface area contributed by atoms with Gasteiger partial charge in [0.1, 0.15) is 6.61 Å². The van der Waals surface area contributed by atoms with Crippen LogP contribution in [0.1, 0.15) is 31.2 Å². The first kappa shape index (κ1) is 17.7. The Kier molecular flexibility index (Phi) is 5.91. The fourth-order valence-corrected chi connectivity index (χ4v) is 3.72. The molecular weight excluding hydrogens is 318 g/mol. The van der Waals surface area contributed by atoms with Crippen molar-refractivity contribution >= 4 is 12.0 Å². The van der Waals surface area contributed by atoms with E-state index in [0.29, 0.717) is 6.54 Å². The molecule has 3 rings (SSSR count). The first-order valence-corrected chi connectivity index (χ1v) is 9.09. The van der Waals surface area contributed by atoms with E-state index in [2.05, 4.69) is 5.32 Å². The summed E-state index contributed by atoms with van der Waals surface area (Å²) in [6.45, 7) is 2.34. The number of ether oxygens (including phenoxy) is 1. The van der Waals surface area contributed by atoms with E-state index in [-0.39, 0.29) is 24.6 Å². The number of hydrogen-bond donors (Lipinski definition) is 1. The summed E-state index contributed by atoms with van der Waals surface area (Å²) < 4.78 is 5.35. The second-order valence-electron chi connectivity index (χ2n) is 6.99. The van der Waals surface area contributed by atoms with Crippen LogP contribution in [0.3, 0.4) is 0 Å². The monoisotopic (exact) mass is 345 g/mol. The molecule has 0 spiro atoms. The summed E-state index contributed by atoms with van der Waals surface area (Å²) in [5.41, 5.74) is 0.965. The lowest BCUT2D eigenvalue weighted by Crippen LogP contribution is -2.60. The van der Waals surface area contributed by atoms with Crippen molar-refractivity contribution in [3.63, 3.8) is 0 Å². The summed E-state index contributed by atoms with van der Waals surface area (Å²) in [6, 6.07) is 9.70. The van der Waals surface area contributed by atoms with Gasteiger partial charge in [0.05, 0.1) is 18.6 Å². The van der Waals surface area contributed by atoms with E-state index in [1.54, 1.807) is 0 Å². The molecule has 1 aromatic carbocycles. The van der Waals surface area contributed by atoms with Gasteiger partial charge in [0.25, 0.3) is 0 Å². The molecule has 0 radical (unpaired) electrons. The van der Waals surface area contributed by atoms with E-state index >= 15 is 0 Å². The second-order valence-corrected chi connectivity index (χ2v) is 6.99. The molecule has 1 aromatic rings. The Bertz CT molecular complexity index is 593. The molecule has 0 aromatic heterocycles. The SMILES string of the molecule is CN1CCN([C@H]2CCCC[C@H]2NC(=O)OCc2ccccc2)C(=O)C1. The number of amides is 2. The van der Waals surface area contributed by atoms with Crippen LogP contribution in [-0.4, -0.2) is 60.6 Å². The molecule has 136 valence electrons. The van der Waals surface area contributed by atoms with Gasteiger partial charge in [-0.05, 0) is 25.5 Å². The van der Waals surface area contributed by atoms with Crippen LogP contribution in [0.4, 0.5) is 4.79 Å². The van der Waals surface area contributed by atoms with Crippen LogP contribution in [0.15, 0.2) is 30.3 Å². The molecular formula is C19H27N3O3. The molecule has 1 saturated carbocycles. The predicted octanol–water partition coefficient (Wildman–Crippen LogP) is 2.00. The van der Waals surface area contributed by atoms with Gasteiger partial charge in [-0.2, -0.15) is 0 Å². The summed E-state index contributed by atoms with van der Waals surface area (Å²) in [5, 5.41) is 3.00. The highest BCUT2D eigenvalue weighted by Gasteiger charge is 2.35. The molecule has 1 heterocycles. The average Bonchev–Trinajstić information content (AvgIpc) is 2.62. The number of nitrogens with one attached hydrogen (secondary N) is 1. The van der Waals surface area contributed by atoms with Crippen molar-refractivity contribution in [1.29, 1.82) is 0 Å². The van der Waals surface area contributed by atoms with Crippen molar-refractivity contribution in [2.24, 2.45) is 0 Å². The molecule has 0 unspecified atom stereocenters. The lowest BCUT2D eigenvalue weighted by atomic mass is 9.88. The number of rotatable bonds is 4. The van der Waals surface area contributed by atoms with Crippen molar-refractivity contribution in [3.05, 3.63) is 35.9 Å². The van der Waals surface area contributed by atoms with E-state index in [0.717, 1.165) is 44.3 Å². The Morgan fingerprint density at radius 3 is 2.72 bits per heavy atom. The fourth-order valence-electron chi connectivity index (χ4n) is 3.72. The van der Waals surface area contributed by atoms with E-state index in [9.17, 15) is 9.59 Å². The van der Waals surface area contributed by atoms with Gasteiger partial charge in [-0.3, -0.25) is 9.69 Å². The van der Waals surface area contributed by atoms with Crippen LogP contribution in [0.2, 0.25) is 0 Å². The molecule has 2 atom stereocenters. The smallest absolute Gasteiger partial charge is 0.407 e. The third-order valence-electron chi connectivity index (χ3n) is 5.09. The van der Waals surface area contributed by atoms with Gasteiger partial charge in [-0.1, -0.05) is 43.2 Å². The number of nitrogens with zero attached hydrogens (tertiary/aromatic N) is 2. The summed E-state index contributed by atoms with van der Waals surface area (Å²) in [4.78, 5) is 28.6. The highest BCUT2D eigenvalue weighted by Crippen LogP contribution is 2.25. The summed E-state index contributed by atoms with van der Waals surface area (Å²) in [7, 11) is 1.97. The molecule has 2 aliphatic rings. The van der Waals surface area contributed by atoms with Crippen LogP contribution in [-0.2, 0) is 16.1 Å². The van der Waals surface area contributed by atoms with Gasteiger partial charge in [-0.25, -0.2) is 4.79 Å². The molecule has 1 N–H and O–H groups in total. The maximum Gasteiger partial charge on any atom is 0.407 e. The Hall–Kier alpha value is -2.08.